The van der Waals surface area contributed by atoms with E-state index >= 15 is 0 Å². The molecule has 1 amide bonds. The van der Waals surface area contributed by atoms with E-state index in [0.717, 1.165) is 22.5 Å². The van der Waals surface area contributed by atoms with Crippen LogP contribution in [0, 0.1) is 6.92 Å². The van der Waals surface area contributed by atoms with Gasteiger partial charge in [0.25, 0.3) is 5.91 Å². The summed E-state index contributed by atoms with van der Waals surface area (Å²) < 4.78 is 0. The monoisotopic (exact) mass is 250 g/mol. The van der Waals surface area contributed by atoms with E-state index in [9.17, 15) is 4.79 Å². The predicted molar refractivity (Wildman–Crippen MR) is 77.9 cm³/mol. The minimum absolute atomic E-state index is 0.0673. The first kappa shape index (κ1) is 11.5. The normalized spacial score (nSPS) is 15.2. The Kier molecular flexibility index (Phi) is 2.80. The second-order valence-corrected chi connectivity index (χ2v) is 4.52. The number of fused-ring (bicyclic) bond motifs is 1. The van der Waals surface area contributed by atoms with Gasteiger partial charge in [0.1, 0.15) is 0 Å². The predicted octanol–water partition coefficient (Wildman–Crippen LogP) is 3.40. The van der Waals surface area contributed by atoms with Crippen LogP contribution in [0.5, 0.6) is 0 Å². The SMILES string of the molecule is Cc1ccccc1N/C=C1\C(=O)Nc2ccccc21. The molecule has 0 saturated heterocycles. The summed E-state index contributed by atoms with van der Waals surface area (Å²) in [5, 5.41) is 6.05. The van der Waals surface area contributed by atoms with Crippen molar-refractivity contribution in [3.05, 3.63) is 65.9 Å². The molecule has 1 aliphatic heterocycles. The third-order valence-corrected chi connectivity index (χ3v) is 3.23. The first-order valence-electron chi connectivity index (χ1n) is 6.19. The molecule has 3 rings (SSSR count). The lowest BCUT2D eigenvalue weighted by molar-refractivity contribution is -0.110. The van der Waals surface area contributed by atoms with Crippen molar-refractivity contribution in [2.45, 2.75) is 6.92 Å². The molecule has 0 bridgehead atoms. The summed E-state index contributed by atoms with van der Waals surface area (Å²) in [4.78, 5) is 11.9. The summed E-state index contributed by atoms with van der Waals surface area (Å²) in [5.41, 5.74) is 4.62. The molecule has 19 heavy (non-hydrogen) atoms. The van der Waals surface area contributed by atoms with Crippen molar-refractivity contribution in [2.24, 2.45) is 0 Å². The number of aryl methyl sites for hydroxylation is 1. The summed E-state index contributed by atoms with van der Waals surface area (Å²) in [7, 11) is 0. The van der Waals surface area contributed by atoms with Crippen LogP contribution in [0.25, 0.3) is 5.57 Å². The van der Waals surface area contributed by atoms with E-state index in [1.165, 1.54) is 0 Å². The van der Waals surface area contributed by atoms with Crippen LogP contribution in [0.2, 0.25) is 0 Å². The van der Waals surface area contributed by atoms with Gasteiger partial charge in [0, 0.05) is 23.1 Å². The maximum atomic E-state index is 11.9. The van der Waals surface area contributed by atoms with Gasteiger partial charge in [0.05, 0.1) is 5.57 Å². The lowest BCUT2D eigenvalue weighted by Crippen LogP contribution is -2.05. The summed E-state index contributed by atoms with van der Waals surface area (Å²) >= 11 is 0. The van der Waals surface area contributed by atoms with E-state index in [-0.39, 0.29) is 5.91 Å². The quantitative estimate of drug-likeness (QED) is 0.802. The molecule has 3 nitrogen and oxygen atoms in total. The van der Waals surface area contributed by atoms with Crippen molar-refractivity contribution in [3.63, 3.8) is 0 Å². The molecule has 0 aromatic heterocycles. The van der Waals surface area contributed by atoms with Crippen molar-refractivity contribution >= 4 is 22.9 Å². The number of amides is 1. The lowest BCUT2D eigenvalue weighted by atomic mass is 10.1. The molecule has 3 heteroatoms. The average Bonchev–Trinajstić information content (AvgIpc) is 2.74. The highest BCUT2D eigenvalue weighted by atomic mass is 16.2. The molecular weight excluding hydrogens is 236 g/mol. The molecule has 0 fully saturated rings. The van der Waals surface area contributed by atoms with Crippen LogP contribution in [-0.2, 0) is 4.79 Å². The molecule has 0 aliphatic carbocycles. The van der Waals surface area contributed by atoms with Gasteiger partial charge < -0.3 is 10.6 Å². The Balaban J connectivity index is 1.93. The Bertz CT molecular complexity index is 674. The minimum Gasteiger partial charge on any atom is -0.361 e. The molecule has 2 N–H and O–H groups in total. The van der Waals surface area contributed by atoms with Gasteiger partial charge in [-0.3, -0.25) is 4.79 Å². The molecule has 0 unspecified atom stereocenters. The number of benzene rings is 2. The third kappa shape index (κ3) is 2.10. The van der Waals surface area contributed by atoms with E-state index in [1.54, 1.807) is 6.20 Å². The van der Waals surface area contributed by atoms with Crippen molar-refractivity contribution in [1.82, 2.24) is 0 Å². The average molecular weight is 250 g/mol. The van der Waals surface area contributed by atoms with Crippen LogP contribution >= 0.6 is 0 Å². The molecule has 2 aromatic rings. The van der Waals surface area contributed by atoms with E-state index < -0.39 is 0 Å². The Hall–Kier alpha value is -2.55. The fraction of sp³-hybridized carbons (Fsp3) is 0.0625. The molecule has 94 valence electrons. The number of hydrogen-bond donors (Lipinski definition) is 2. The largest absolute Gasteiger partial charge is 0.361 e. The maximum Gasteiger partial charge on any atom is 0.257 e. The van der Waals surface area contributed by atoms with Crippen molar-refractivity contribution in [2.75, 3.05) is 10.6 Å². The molecular formula is C16H14N2O. The van der Waals surface area contributed by atoms with E-state index in [2.05, 4.69) is 10.6 Å². The minimum atomic E-state index is -0.0673. The van der Waals surface area contributed by atoms with Crippen LogP contribution < -0.4 is 10.6 Å². The second-order valence-electron chi connectivity index (χ2n) is 4.52. The smallest absolute Gasteiger partial charge is 0.257 e. The van der Waals surface area contributed by atoms with Gasteiger partial charge in [-0.05, 0) is 24.6 Å². The number of para-hydroxylation sites is 2. The summed E-state index contributed by atoms with van der Waals surface area (Å²) in [6.07, 6.45) is 1.77. The second kappa shape index (κ2) is 4.61. The topological polar surface area (TPSA) is 41.1 Å². The van der Waals surface area contributed by atoms with E-state index in [1.807, 2.05) is 55.5 Å². The zero-order valence-corrected chi connectivity index (χ0v) is 10.6. The van der Waals surface area contributed by atoms with Gasteiger partial charge in [-0.2, -0.15) is 0 Å². The summed E-state index contributed by atoms with van der Waals surface area (Å²) in [6.45, 7) is 2.03. The number of hydrogen-bond acceptors (Lipinski definition) is 2. The van der Waals surface area contributed by atoms with E-state index in [0.29, 0.717) is 5.57 Å². The highest BCUT2D eigenvalue weighted by Crippen LogP contribution is 2.31. The highest BCUT2D eigenvalue weighted by molar-refractivity contribution is 6.31. The molecule has 0 spiro atoms. The fourth-order valence-corrected chi connectivity index (χ4v) is 2.17. The molecule has 2 aromatic carbocycles. The van der Waals surface area contributed by atoms with Gasteiger partial charge in [-0.15, -0.1) is 0 Å². The van der Waals surface area contributed by atoms with Gasteiger partial charge in [0.15, 0.2) is 0 Å². The third-order valence-electron chi connectivity index (χ3n) is 3.23. The van der Waals surface area contributed by atoms with Gasteiger partial charge in [0.2, 0.25) is 0 Å². The zero-order chi connectivity index (χ0) is 13.2. The number of anilines is 2. The Morgan fingerprint density at radius 2 is 1.79 bits per heavy atom. The van der Waals surface area contributed by atoms with Crippen molar-refractivity contribution in [1.29, 1.82) is 0 Å². The van der Waals surface area contributed by atoms with Gasteiger partial charge >= 0.3 is 0 Å². The summed E-state index contributed by atoms with van der Waals surface area (Å²) in [6, 6.07) is 15.7. The summed E-state index contributed by atoms with van der Waals surface area (Å²) in [5.74, 6) is -0.0673. The molecule has 1 aliphatic rings. The van der Waals surface area contributed by atoms with E-state index in [4.69, 9.17) is 0 Å². The van der Waals surface area contributed by atoms with Gasteiger partial charge in [-0.25, -0.2) is 0 Å². The molecule has 0 saturated carbocycles. The lowest BCUT2D eigenvalue weighted by Gasteiger charge is -2.05. The first-order chi connectivity index (χ1) is 9.25. The van der Waals surface area contributed by atoms with Crippen LogP contribution in [0.4, 0.5) is 11.4 Å². The van der Waals surface area contributed by atoms with Crippen molar-refractivity contribution < 1.29 is 4.79 Å². The Morgan fingerprint density at radius 1 is 1.05 bits per heavy atom. The molecule has 0 radical (unpaired) electrons. The first-order valence-corrected chi connectivity index (χ1v) is 6.19. The zero-order valence-electron chi connectivity index (χ0n) is 10.6. The Morgan fingerprint density at radius 3 is 2.63 bits per heavy atom. The number of carbonyl (C=O) groups is 1. The van der Waals surface area contributed by atoms with Crippen molar-refractivity contribution in [3.8, 4) is 0 Å². The Labute approximate surface area is 112 Å². The van der Waals surface area contributed by atoms with Crippen LogP contribution in [0.1, 0.15) is 11.1 Å². The van der Waals surface area contributed by atoms with Gasteiger partial charge in [-0.1, -0.05) is 36.4 Å². The number of carbonyl (C=O) groups excluding carboxylic acids is 1. The van der Waals surface area contributed by atoms with Crippen LogP contribution in [0.15, 0.2) is 54.7 Å². The number of rotatable bonds is 2. The molecule has 0 atom stereocenters. The number of nitrogens with one attached hydrogen (secondary N) is 2. The maximum absolute atomic E-state index is 11.9. The van der Waals surface area contributed by atoms with Crippen LogP contribution in [-0.4, -0.2) is 5.91 Å². The fourth-order valence-electron chi connectivity index (χ4n) is 2.17. The highest BCUT2D eigenvalue weighted by Gasteiger charge is 2.23. The standard InChI is InChI=1S/C16H14N2O/c1-11-6-2-4-8-14(11)17-10-13-12-7-3-5-9-15(12)18-16(13)19/h2-10,17H,1H3,(H,18,19)/b13-10-. The molecule has 1 heterocycles. The van der Waals surface area contributed by atoms with Crippen LogP contribution in [0.3, 0.4) is 0 Å².